The van der Waals surface area contributed by atoms with Gasteiger partial charge in [-0.25, -0.2) is 0 Å². The lowest BCUT2D eigenvalue weighted by Gasteiger charge is -2.38. The number of ether oxygens (including phenoxy) is 1. The van der Waals surface area contributed by atoms with Crippen LogP contribution in [0.5, 0.6) is 0 Å². The van der Waals surface area contributed by atoms with Gasteiger partial charge in [-0.1, -0.05) is 13.8 Å². The molecule has 1 aliphatic heterocycles. The Morgan fingerprint density at radius 2 is 2.05 bits per heavy atom. The maximum atomic E-state index is 9.32. The number of hydrogen-bond acceptors (Lipinski definition) is 4. The van der Waals surface area contributed by atoms with Gasteiger partial charge in [-0.15, -0.1) is 0 Å². The number of aliphatic hydroxyl groups is 1. The zero-order chi connectivity index (χ0) is 13.8. The first-order chi connectivity index (χ1) is 9.02. The smallest absolute Gasteiger partial charge is 0.0829 e. The lowest BCUT2D eigenvalue weighted by atomic mass is 9.82. The van der Waals surface area contributed by atoms with E-state index in [9.17, 15) is 5.11 Å². The summed E-state index contributed by atoms with van der Waals surface area (Å²) in [5, 5.41) is 9.32. The van der Waals surface area contributed by atoms with Crippen LogP contribution in [0.4, 0.5) is 0 Å². The maximum absolute atomic E-state index is 9.32. The van der Waals surface area contributed by atoms with E-state index in [0.717, 1.165) is 51.5 Å². The third-order valence-corrected chi connectivity index (χ3v) is 4.14. The number of rotatable bonds is 6. The van der Waals surface area contributed by atoms with E-state index in [1.807, 2.05) is 0 Å². The van der Waals surface area contributed by atoms with Crippen LogP contribution in [-0.2, 0) is 4.74 Å². The molecule has 0 bridgehead atoms. The van der Waals surface area contributed by atoms with Crippen LogP contribution in [0.3, 0.4) is 0 Å². The standard InChI is InChI=1S/C15H30N2O2/c1-12(2)8-17-4-5-19-15(11-17)10-16(3)9-13-6-14(18)7-13/h12-15,18H,4-11H2,1-3H3. The minimum Gasteiger partial charge on any atom is -0.393 e. The molecule has 1 N–H and O–H groups in total. The number of morpholine rings is 1. The molecule has 0 aromatic carbocycles. The summed E-state index contributed by atoms with van der Waals surface area (Å²) in [6, 6.07) is 0. The Kier molecular flexibility index (Phi) is 5.63. The molecule has 112 valence electrons. The van der Waals surface area contributed by atoms with Crippen LogP contribution in [0.1, 0.15) is 26.7 Å². The van der Waals surface area contributed by atoms with Crippen LogP contribution in [0.15, 0.2) is 0 Å². The lowest BCUT2D eigenvalue weighted by Crippen LogP contribution is -2.49. The molecule has 1 atom stereocenters. The summed E-state index contributed by atoms with van der Waals surface area (Å²) in [5.41, 5.74) is 0. The summed E-state index contributed by atoms with van der Waals surface area (Å²) < 4.78 is 5.88. The summed E-state index contributed by atoms with van der Waals surface area (Å²) >= 11 is 0. The summed E-state index contributed by atoms with van der Waals surface area (Å²) in [4.78, 5) is 4.90. The Hall–Kier alpha value is -0.160. The summed E-state index contributed by atoms with van der Waals surface area (Å²) in [6.45, 7) is 10.9. The van der Waals surface area contributed by atoms with Crippen molar-refractivity contribution in [3.8, 4) is 0 Å². The van der Waals surface area contributed by atoms with Gasteiger partial charge in [0.25, 0.3) is 0 Å². The van der Waals surface area contributed by atoms with E-state index in [0.29, 0.717) is 12.0 Å². The van der Waals surface area contributed by atoms with Gasteiger partial charge >= 0.3 is 0 Å². The highest BCUT2D eigenvalue weighted by molar-refractivity contribution is 4.82. The van der Waals surface area contributed by atoms with Crippen LogP contribution in [0, 0.1) is 11.8 Å². The molecule has 0 radical (unpaired) electrons. The molecule has 2 fully saturated rings. The lowest BCUT2D eigenvalue weighted by molar-refractivity contribution is -0.0488. The summed E-state index contributed by atoms with van der Waals surface area (Å²) in [5.74, 6) is 1.42. The van der Waals surface area contributed by atoms with Crippen molar-refractivity contribution < 1.29 is 9.84 Å². The molecule has 2 rings (SSSR count). The molecule has 1 unspecified atom stereocenters. The van der Waals surface area contributed by atoms with Crippen LogP contribution in [-0.4, -0.2) is 73.5 Å². The maximum Gasteiger partial charge on any atom is 0.0829 e. The SMILES string of the molecule is CC(C)CN1CCOC(CN(C)CC2CC(O)C2)C1. The Bertz CT molecular complexity index is 267. The van der Waals surface area contributed by atoms with Crippen molar-refractivity contribution in [3.05, 3.63) is 0 Å². The molecule has 4 heteroatoms. The fourth-order valence-corrected chi connectivity index (χ4v) is 3.29. The average Bonchev–Trinajstić information content (AvgIpc) is 2.26. The number of nitrogens with zero attached hydrogens (tertiary/aromatic N) is 2. The Morgan fingerprint density at radius 1 is 1.32 bits per heavy atom. The Balaban J connectivity index is 1.66. The van der Waals surface area contributed by atoms with Crippen LogP contribution in [0.25, 0.3) is 0 Å². The van der Waals surface area contributed by atoms with Gasteiger partial charge in [-0.05, 0) is 31.7 Å². The Labute approximate surface area is 117 Å². The minimum atomic E-state index is -0.0362. The topological polar surface area (TPSA) is 35.9 Å². The van der Waals surface area contributed by atoms with Crippen molar-refractivity contribution in [2.24, 2.45) is 11.8 Å². The van der Waals surface area contributed by atoms with Gasteiger partial charge in [0.1, 0.15) is 0 Å². The van der Waals surface area contributed by atoms with E-state index in [-0.39, 0.29) is 6.10 Å². The highest BCUT2D eigenvalue weighted by Gasteiger charge is 2.29. The van der Waals surface area contributed by atoms with Gasteiger partial charge in [0, 0.05) is 32.7 Å². The molecule has 1 aliphatic carbocycles. The van der Waals surface area contributed by atoms with Crippen LogP contribution < -0.4 is 0 Å². The number of hydrogen-bond donors (Lipinski definition) is 1. The predicted molar refractivity (Wildman–Crippen MR) is 77.2 cm³/mol. The third-order valence-electron chi connectivity index (χ3n) is 4.14. The van der Waals surface area contributed by atoms with Crippen molar-refractivity contribution in [1.29, 1.82) is 0 Å². The van der Waals surface area contributed by atoms with E-state index >= 15 is 0 Å². The van der Waals surface area contributed by atoms with Crippen molar-refractivity contribution >= 4 is 0 Å². The van der Waals surface area contributed by atoms with E-state index in [2.05, 4.69) is 30.7 Å². The van der Waals surface area contributed by atoms with Crippen molar-refractivity contribution in [2.75, 3.05) is 46.4 Å². The van der Waals surface area contributed by atoms with Gasteiger partial charge in [0.05, 0.1) is 18.8 Å². The quantitative estimate of drug-likeness (QED) is 0.782. The average molecular weight is 270 g/mol. The minimum absolute atomic E-state index is 0.0362. The first-order valence-electron chi connectivity index (χ1n) is 7.73. The molecule has 1 saturated carbocycles. The first kappa shape index (κ1) is 15.2. The van der Waals surface area contributed by atoms with Gasteiger partial charge in [-0.2, -0.15) is 0 Å². The highest BCUT2D eigenvalue weighted by Crippen LogP contribution is 2.27. The second-order valence-corrected chi connectivity index (χ2v) is 6.86. The molecule has 0 spiro atoms. The van der Waals surface area contributed by atoms with Gasteiger partial charge in [0.2, 0.25) is 0 Å². The van der Waals surface area contributed by atoms with Gasteiger partial charge in [-0.3, -0.25) is 4.90 Å². The van der Waals surface area contributed by atoms with Crippen molar-refractivity contribution in [1.82, 2.24) is 9.80 Å². The molecule has 19 heavy (non-hydrogen) atoms. The third kappa shape index (κ3) is 5.03. The molecule has 1 saturated heterocycles. The second-order valence-electron chi connectivity index (χ2n) is 6.86. The van der Waals surface area contributed by atoms with E-state index in [1.54, 1.807) is 0 Å². The molecule has 0 aromatic rings. The molecular formula is C15H30N2O2. The fourth-order valence-electron chi connectivity index (χ4n) is 3.29. The van der Waals surface area contributed by atoms with E-state index in [1.165, 1.54) is 6.54 Å². The molecule has 4 nitrogen and oxygen atoms in total. The highest BCUT2D eigenvalue weighted by atomic mass is 16.5. The first-order valence-corrected chi connectivity index (χ1v) is 7.73. The summed E-state index contributed by atoms with van der Waals surface area (Å²) in [6.07, 6.45) is 2.28. The van der Waals surface area contributed by atoms with E-state index < -0.39 is 0 Å². The molecule has 0 aromatic heterocycles. The molecule has 1 heterocycles. The monoisotopic (exact) mass is 270 g/mol. The normalized spacial score (nSPS) is 32.8. The zero-order valence-electron chi connectivity index (χ0n) is 12.7. The van der Waals surface area contributed by atoms with Crippen molar-refractivity contribution in [3.63, 3.8) is 0 Å². The molecule has 2 aliphatic rings. The summed E-state index contributed by atoms with van der Waals surface area (Å²) in [7, 11) is 2.18. The molecular weight excluding hydrogens is 240 g/mol. The van der Waals surface area contributed by atoms with Crippen LogP contribution in [0.2, 0.25) is 0 Å². The largest absolute Gasteiger partial charge is 0.393 e. The predicted octanol–water partition coefficient (Wildman–Crippen LogP) is 1.05. The van der Waals surface area contributed by atoms with Gasteiger partial charge < -0.3 is 14.7 Å². The second kappa shape index (κ2) is 7.02. The zero-order valence-corrected chi connectivity index (χ0v) is 12.7. The van der Waals surface area contributed by atoms with E-state index in [4.69, 9.17) is 4.74 Å². The fraction of sp³-hybridized carbons (Fsp3) is 1.00. The molecule has 0 amide bonds. The Morgan fingerprint density at radius 3 is 2.68 bits per heavy atom. The van der Waals surface area contributed by atoms with Crippen LogP contribution >= 0.6 is 0 Å². The van der Waals surface area contributed by atoms with Crippen molar-refractivity contribution in [2.45, 2.75) is 38.9 Å². The number of likely N-dealkylation sites (N-methyl/N-ethyl adjacent to an activating group) is 1. The van der Waals surface area contributed by atoms with Gasteiger partial charge in [0.15, 0.2) is 0 Å². The number of aliphatic hydroxyl groups excluding tert-OH is 1.